The molecule has 1 N–H and O–H groups in total. The van der Waals surface area contributed by atoms with Crippen molar-refractivity contribution >= 4 is 0 Å². The first-order valence-corrected chi connectivity index (χ1v) is 8.82. The summed E-state index contributed by atoms with van der Waals surface area (Å²) in [6.07, 6.45) is 0.267. The lowest BCUT2D eigenvalue weighted by Gasteiger charge is -2.26. The van der Waals surface area contributed by atoms with Crippen molar-refractivity contribution in [3.8, 4) is 23.0 Å². The summed E-state index contributed by atoms with van der Waals surface area (Å²) in [5.41, 5.74) is 2.00. The van der Waals surface area contributed by atoms with Crippen molar-refractivity contribution in [2.45, 2.75) is 26.4 Å². The molecule has 0 amide bonds. The molecule has 0 aliphatic carbocycles. The molecule has 0 saturated heterocycles. The van der Waals surface area contributed by atoms with E-state index in [-0.39, 0.29) is 18.6 Å². The highest BCUT2D eigenvalue weighted by Gasteiger charge is 2.25. The summed E-state index contributed by atoms with van der Waals surface area (Å²) in [5, 5.41) is 10.8. The molecule has 0 aromatic heterocycles. The molecule has 5 nitrogen and oxygen atoms in total. The van der Waals surface area contributed by atoms with Gasteiger partial charge < -0.3 is 24.1 Å². The van der Waals surface area contributed by atoms with E-state index in [0.29, 0.717) is 5.75 Å². The summed E-state index contributed by atoms with van der Waals surface area (Å²) in [6.45, 7) is 4.46. The Bertz CT molecular complexity index is 758. The van der Waals surface area contributed by atoms with Crippen LogP contribution in [0.1, 0.15) is 31.1 Å². The van der Waals surface area contributed by atoms with E-state index in [1.54, 1.807) is 14.2 Å². The molecule has 3 atom stereocenters. The number of hydrogen-bond acceptors (Lipinski definition) is 5. The van der Waals surface area contributed by atoms with Crippen LogP contribution in [0.4, 0.5) is 0 Å². The molecule has 0 saturated carbocycles. The van der Waals surface area contributed by atoms with Crippen molar-refractivity contribution in [3.05, 3.63) is 47.5 Å². The van der Waals surface area contributed by atoms with E-state index in [4.69, 9.17) is 18.9 Å². The zero-order valence-corrected chi connectivity index (χ0v) is 15.7. The van der Waals surface area contributed by atoms with Gasteiger partial charge in [-0.05, 0) is 53.6 Å². The summed E-state index contributed by atoms with van der Waals surface area (Å²) in [6, 6.07) is 11.6. The van der Waals surface area contributed by atoms with Crippen molar-refractivity contribution in [2.24, 2.45) is 11.8 Å². The lowest BCUT2D eigenvalue weighted by atomic mass is 9.83. The van der Waals surface area contributed by atoms with Crippen molar-refractivity contribution in [2.75, 3.05) is 21.0 Å². The fraction of sp³-hybridized carbons (Fsp3) is 0.429. The number of hydrogen-bond donors (Lipinski definition) is 1. The number of fused-ring (bicyclic) bond motifs is 1. The van der Waals surface area contributed by atoms with Gasteiger partial charge in [-0.1, -0.05) is 26.0 Å². The molecule has 1 aliphatic heterocycles. The summed E-state index contributed by atoms with van der Waals surface area (Å²) in [5.74, 6) is 3.21. The fourth-order valence-corrected chi connectivity index (χ4v) is 3.28. The van der Waals surface area contributed by atoms with Crippen molar-refractivity contribution in [1.29, 1.82) is 0 Å². The molecule has 2 aromatic rings. The first-order valence-electron chi connectivity index (χ1n) is 8.82. The van der Waals surface area contributed by atoms with E-state index in [2.05, 4.69) is 13.8 Å². The average Bonchev–Trinajstić information content (AvgIpc) is 3.14. The molecule has 1 heterocycles. The monoisotopic (exact) mass is 358 g/mol. The Morgan fingerprint density at radius 2 is 1.69 bits per heavy atom. The number of benzene rings is 2. The molecule has 0 bridgehead atoms. The standard InChI is InChI=1S/C21H26O5/c1-13(9-15-5-7-17(23-3)19(10-15)24-4)14(2)21(22)16-6-8-18-20(11-16)26-12-25-18/h5-8,10-11,13-14,21-22H,9,12H2,1-4H3/t13-,14-,21+/m1/s1. The normalized spacial score (nSPS) is 16.0. The first kappa shape index (κ1) is 18.4. The highest BCUT2D eigenvalue weighted by atomic mass is 16.7. The van der Waals surface area contributed by atoms with Crippen molar-refractivity contribution < 1.29 is 24.1 Å². The molecular formula is C21H26O5. The molecule has 0 unspecified atom stereocenters. The molecule has 140 valence electrons. The molecule has 3 rings (SSSR count). The van der Waals surface area contributed by atoms with Gasteiger partial charge in [-0.2, -0.15) is 0 Å². The van der Waals surface area contributed by atoms with E-state index in [1.165, 1.54) is 0 Å². The van der Waals surface area contributed by atoms with Gasteiger partial charge in [0.15, 0.2) is 23.0 Å². The van der Waals surface area contributed by atoms with Gasteiger partial charge in [0.1, 0.15) is 0 Å². The number of aliphatic hydroxyl groups is 1. The summed E-state index contributed by atoms with van der Waals surface area (Å²) in [4.78, 5) is 0. The molecule has 0 spiro atoms. The molecular weight excluding hydrogens is 332 g/mol. The second-order valence-electron chi connectivity index (χ2n) is 6.79. The maximum atomic E-state index is 10.8. The lowest BCUT2D eigenvalue weighted by Crippen LogP contribution is -2.19. The third kappa shape index (κ3) is 3.73. The third-order valence-electron chi connectivity index (χ3n) is 5.14. The Morgan fingerprint density at radius 1 is 0.962 bits per heavy atom. The second kappa shape index (κ2) is 7.87. The number of rotatable bonds is 7. The zero-order chi connectivity index (χ0) is 18.7. The Labute approximate surface area is 154 Å². The van der Waals surface area contributed by atoms with Crippen LogP contribution >= 0.6 is 0 Å². The van der Waals surface area contributed by atoms with Crippen LogP contribution in [0.25, 0.3) is 0 Å². The SMILES string of the molecule is COc1ccc(C[C@@H](C)[C@@H](C)[C@H](O)c2ccc3c(c2)OCO3)cc1OC. The zero-order valence-electron chi connectivity index (χ0n) is 15.7. The second-order valence-corrected chi connectivity index (χ2v) is 6.79. The summed E-state index contributed by atoms with van der Waals surface area (Å²) in [7, 11) is 3.26. The first-order chi connectivity index (χ1) is 12.5. The summed E-state index contributed by atoms with van der Waals surface area (Å²) < 4.78 is 21.4. The van der Waals surface area contributed by atoms with Gasteiger partial charge in [0.25, 0.3) is 0 Å². The topological polar surface area (TPSA) is 57.2 Å². The Hall–Kier alpha value is -2.40. The van der Waals surface area contributed by atoms with E-state index in [9.17, 15) is 5.11 Å². The molecule has 2 aromatic carbocycles. The van der Waals surface area contributed by atoms with Gasteiger partial charge in [-0.25, -0.2) is 0 Å². The average molecular weight is 358 g/mol. The van der Waals surface area contributed by atoms with Crippen LogP contribution in [0.5, 0.6) is 23.0 Å². The Balaban J connectivity index is 1.70. The largest absolute Gasteiger partial charge is 0.493 e. The van der Waals surface area contributed by atoms with Gasteiger partial charge in [-0.15, -0.1) is 0 Å². The lowest BCUT2D eigenvalue weighted by molar-refractivity contribution is 0.0869. The third-order valence-corrected chi connectivity index (χ3v) is 5.14. The van der Waals surface area contributed by atoms with Crippen molar-refractivity contribution in [3.63, 3.8) is 0 Å². The molecule has 26 heavy (non-hydrogen) atoms. The van der Waals surface area contributed by atoms with E-state index in [1.807, 2.05) is 36.4 Å². The van der Waals surface area contributed by atoms with Crippen LogP contribution in [0, 0.1) is 11.8 Å². The minimum atomic E-state index is -0.570. The predicted molar refractivity (Wildman–Crippen MR) is 99.1 cm³/mol. The quantitative estimate of drug-likeness (QED) is 0.811. The molecule has 1 aliphatic rings. The minimum absolute atomic E-state index is 0.0727. The number of methoxy groups -OCH3 is 2. The van der Waals surface area contributed by atoms with Crippen molar-refractivity contribution in [1.82, 2.24) is 0 Å². The smallest absolute Gasteiger partial charge is 0.231 e. The molecule has 5 heteroatoms. The van der Waals surface area contributed by atoms with Crippen LogP contribution < -0.4 is 18.9 Å². The van der Waals surface area contributed by atoms with E-state index >= 15 is 0 Å². The highest BCUT2D eigenvalue weighted by molar-refractivity contribution is 5.45. The predicted octanol–water partition coefficient (Wildman–Crippen LogP) is 3.98. The molecule has 0 radical (unpaired) electrons. The maximum absolute atomic E-state index is 10.8. The fourth-order valence-electron chi connectivity index (χ4n) is 3.28. The minimum Gasteiger partial charge on any atom is -0.493 e. The maximum Gasteiger partial charge on any atom is 0.231 e. The summed E-state index contributed by atoms with van der Waals surface area (Å²) >= 11 is 0. The van der Waals surface area contributed by atoms with Gasteiger partial charge in [0.2, 0.25) is 6.79 Å². The number of ether oxygens (including phenoxy) is 4. The van der Waals surface area contributed by atoms with Gasteiger partial charge in [0, 0.05) is 0 Å². The van der Waals surface area contributed by atoms with Crippen LogP contribution in [0.15, 0.2) is 36.4 Å². The number of aliphatic hydroxyl groups excluding tert-OH is 1. The molecule has 0 fully saturated rings. The van der Waals surface area contributed by atoms with Gasteiger partial charge in [0.05, 0.1) is 20.3 Å². The van der Waals surface area contributed by atoms with Gasteiger partial charge >= 0.3 is 0 Å². The van der Waals surface area contributed by atoms with Crippen LogP contribution in [0.2, 0.25) is 0 Å². The highest BCUT2D eigenvalue weighted by Crippen LogP contribution is 2.38. The van der Waals surface area contributed by atoms with E-state index < -0.39 is 6.10 Å². The van der Waals surface area contributed by atoms with Crippen LogP contribution in [-0.4, -0.2) is 26.1 Å². The van der Waals surface area contributed by atoms with E-state index in [0.717, 1.165) is 34.8 Å². The van der Waals surface area contributed by atoms with Crippen LogP contribution in [-0.2, 0) is 6.42 Å². The Kier molecular flexibility index (Phi) is 5.57. The van der Waals surface area contributed by atoms with Gasteiger partial charge in [-0.3, -0.25) is 0 Å². The van der Waals surface area contributed by atoms with Crippen LogP contribution in [0.3, 0.4) is 0 Å². The Morgan fingerprint density at radius 3 is 2.42 bits per heavy atom.